The molecule has 0 radical (unpaired) electrons. The van der Waals surface area contributed by atoms with E-state index in [1.54, 1.807) is 76.2 Å². The lowest BCUT2D eigenvalue weighted by molar-refractivity contribution is -0.378. The first-order valence-corrected chi connectivity index (χ1v) is 21.0. The number of pyridine rings is 2. The molecule has 0 unspecified atom stereocenters. The molecular weight excluding hydrogens is 989 g/mol. The summed E-state index contributed by atoms with van der Waals surface area (Å²) in [7, 11) is 0. The van der Waals surface area contributed by atoms with Crippen LogP contribution in [0.3, 0.4) is 0 Å². The molecule has 404 valence electrons. The predicted octanol–water partition coefficient (Wildman–Crippen LogP) is -0.727. The van der Waals surface area contributed by atoms with E-state index >= 15 is 0 Å². The lowest BCUT2D eigenvalue weighted by atomic mass is 10.1. The lowest BCUT2D eigenvalue weighted by Crippen LogP contribution is -2.51. The third-order valence-corrected chi connectivity index (χ3v) is 9.36. The van der Waals surface area contributed by atoms with Crippen LogP contribution in [0.2, 0.25) is 0 Å². The highest BCUT2D eigenvalue weighted by atomic mass is 16.6. The van der Waals surface area contributed by atoms with Gasteiger partial charge in [0.2, 0.25) is 12.2 Å². The number of aryl methyl sites for hydroxylation is 6. The van der Waals surface area contributed by atoms with Gasteiger partial charge in [0.15, 0.2) is 37.0 Å². The molecule has 2 aromatic heterocycles. The summed E-state index contributed by atoms with van der Waals surface area (Å²) in [4.78, 5) is 100. The highest BCUT2D eigenvalue weighted by molar-refractivity contribution is 5.96. The Balaban J connectivity index is -0.00000104. The van der Waals surface area contributed by atoms with E-state index in [0.717, 1.165) is 22.3 Å². The maximum atomic E-state index is 12.2. The lowest BCUT2D eigenvalue weighted by Gasteiger charge is -2.24. The zero-order chi connectivity index (χ0) is 51.9. The van der Waals surface area contributed by atoms with Crippen molar-refractivity contribution in [2.45, 2.75) is 66.0 Å². The first kappa shape index (κ1) is 70.0. The third kappa shape index (κ3) is 24.1. The van der Waals surface area contributed by atoms with Gasteiger partial charge in [-0.2, -0.15) is 0 Å². The molecule has 6 rings (SSSR count). The zero-order valence-corrected chi connectivity index (χ0v) is 41.3. The van der Waals surface area contributed by atoms with Gasteiger partial charge in [-0.05, 0) is 101 Å². The SMILES string of the molecule is Cc1cc[nH+]cc1.Cc1cc[nH+]cc1.Cc1ccc(C(=O)O[C@@H](C(=O)[O-])[C@@H](OC(=O)c2ccc(C)cc2)C(=O)O)cc1.Cc1ccc(C(=O)O[C@@H](C(=O)[O-])[C@@H](OC(=O)c2ccc(C)cc2)C(=O)O)cc1.O.O.O.O.O. The van der Waals surface area contributed by atoms with Crippen LogP contribution < -0.4 is 20.2 Å². The van der Waals surface area contributed by atoms with Crippen molar-refractivity contribution >= 4 is 47.8 Å². The number of benzene rings is 4. The van der Waals surface area contributed by atoms with Gasteiger partial charge in [0, 0.05) is 24.3 Å². The summed E-state index contributed by atoms with van der Waals surface area (Å²) in [6.45, 7) is 11.3. The number of hydrogen-bond acceptors (Lipinski definition) is 14. The summed E-state index contributed by atoms with van der Waals surface area (Å²) in [6, 6.07) is 32.0. The maximum Gasteiger partial charge on any atom is 0.349 e. The number of aliphatic carboxylic acids is 4. The average Bonchev–Trinajstić information content (AvgIpc) is 3.32. The molecule has 0 aliphatic heterocycles. The molecule has 0 aliphatic rings. The molecule has 0 saturated carbocycles. The second-order valence-corrected chi connectivity index (χ2v) is 15.2. The number of carboxylic acid groups (broad SMARTS) is 4. The Morgan fingerprint density at radius 1 is 0.333 bits per heavy atom. The number of carbonyl (C=O) groups is 8. The van der Waals surface area contributed by atoms with Crippen LogP contribution in [0.5, 0.6) is 0 Å². The Morgan fingerprint density at radius 3 is 0.653 bits per heavy atom. The zero-order valence-electron chi connectivity index (χ0n) is 41.3. The molecule has 0 amide bonds. The van der Waals surface area contributed by atoms with Gasteiger partial charge in [0.1, 0.15) is 0 Å². The number of carbonyl (C=O) groups excluding carboxylic acids is 6. The highest BCUT2D eigenvalue weighted by Gasteiger charge is 2.38. The Morgan fingerprint density at radius 2 is 0.507 bits per heavy atom. The van der Waals surface area contributed by atoms with E-state index in [1.165, 1.54) is 59.7 Å². The van der Waals surface area contributed by atoms with Gasteiger partial charge in [-0.25, -0.2) is 38.7 Å². The second kappa shape index (κ2) is 35.0. The fraction of sp³-hybridized carbons (Fsp3) is 0.192. The predicted molar refractivity (Wildman–Crippen MR) is 260 cm³/mol. The Hall–Kier alpha value is -9.26. The van der Waals surface area contributed by atoms with E-state index in [2.05, 4.69) is 23.8 Å². The summed E-state index contributed by atoms with van der Waals surface area (Å²) in [5.74, 6) is -12.0. The van der Waals surface area contributed by atoms with E-state index in [0.29, 0.717) is 0 Å². The number of H-pyrrole nitrogens is 2. The standard InChI is InChI=1S/2C20H18O8.2C6H7N.5H2O/c2*1-11-3-7-13(8-4-11)19(25)27-15(17(21)22)16(18(23)24)28-20(26)14-9-5-12(2)6-10-14;2*1-6-2-4-7-5-3-6;;;;;/h2*3-10,15-16H,1-2H3,(H,21,22)(H,23,24);2*2-5H,1H3;5*1H2/t2*15-,16-;;;;;;;/m11......./s1. The molecular formula is C52H60N2O21. The number of carboxylic acids is 4. The summed E-state index contributed by atoms with van der Waals surface area (Å²) in [5.41, 5.74) is 6.02. The Bertz CT molecular complexity index is 2360. The van der Waals surface area contributed by atoms with Gasteiger partial charge in [0.05, 0.1) is 34.2 Å². The first-order chi connectivity index (χ1) is 33.2. The topological polar surface area (TPSA) is 446 Å². The van der Waals surface area contributed by atoms with Gasteiger partial charge in [-0.3, -0.25) is 0 Å². The number of rotatable bonds is 14. The van der Waals surface area contributed by atoms with Crippen LogP contribution in [-0.4, -0.2) is 110 Å². The normalized spacial score (nSPS) is 11.0. The Labute approximate surface area is 429 Å². The van der Waals surface area contributed by atoms with Gasteiger partial charge in [0.25, 0.3) is 0 Å². The average molecular weight is 1050 g/mol. The van der Waals surface area contributed by atoms with Crippen molar-refractivity contribution in [2.75, 3.05) is 0 Å². The molecule has 23 heteroatoms. The van der Waals surface area contributed by atoms with Gasteiger partial charge >= 0.3 is 35.8 Å². The summed E-state index contributed by atoms with van der Waals surface area (Å²) in [5, 5.41) is 41.4. The highest BCUT2D eigenvalue weighted by Crippen LogP contribution is 2.16. The first-order valence-electron chi connectivity index (χ1n) is 21.0. The van der Waals surface area contributed by atoms with Crippen molar-refractivity contribution in [1.82, 2.24) is 0 Å². The molecule has 4 aromatic carbocycles. The summed E-state index contributed by atoms with van der Waals surface area (Å²) < 4.78 is 19.1. The number of ether oxygens (including phenoxy) is 4. The molecule has 75 heavy (non-hydrogen) atoms. The molecule has 0 fully saturated rings. The minimum Gasteiger partial charge on any atom is -0.546 e. The molecule has 0 saturated heterocycles. The number of hydrogen-bond donors (Lipinski definition) is 2. The number of aromatic amines is 2. The van der Waals surface area contributed by atoms with Crippen LogP contribution in [-0.2, 0) is 38.1 Å². The fourth-order valence-corrected chi connectivity index (χ4v) is 5.38. The van der Waals surface area contributed by atoms with Crippen LogP contribution in [0.25, 0.3) is 0 Å². The molecule has 6 aromatic rings. The van der Waals surface area contributed by atoms with E-state index in [1.807, 2.05) is 49.1 Å². The molecule has 0 spiro atoms. The molecule has 23 nitrogen and oxygen atoms in total. The van der Waals surface area contributed by atoms with Crippen molar-refractivity contribution in [1.29, 1.82) is 0 Å². The fourth-order valence-electron chi connectivity index (χ4n) is 5.38. The monoisotopic (exact) mass is 1050 g/mol. The van der Waals surface area contributed by atoms with Crippen molar-refractivity contribution in [3.63, 3.8) is 0 Å². The van der Waals surface area contributed by atoms with E-state index < -0.39 is 72.2 Å². The van der Waals surface area contributed by atoms with Crippen molar-refractivity contribution in [3.05, 3.63) is 202 Å². The molecule has 0 bridgehead atoms. The molecule has 2 heterocycles. The van der Waals surface area contributed by atoms with Crippen LogP contribution in [0.4, 0.5) is 0 Å². The van der Waals surface area contributed by atoms with Gasteiger partial charge in [-0.1, -0.05) is 70.8 Å². The summed E-state index contributed by atoms with van der Waals surface area (Å²) in [6.07, 6.45) is -1.59. The second-order valence-electron chi connectivity index (χ2n) is 15.2. The molecule has 4 atom stereocenters. The minimum absolute atomic E-state index is 0. The number of esters is 4. The Kier molecular flexibility index (Phi) is 32.6. The maximum absolute atomic E-state index is 12.2. The van der Waals surface area contributed by atoms with Crippen molar-refractivity contribution < 1.29 is 115 Å². The van der Waals surface area contributed by atoms with Crippen molar-refractivity contribution in [2.24, 2.45) is 0 Å². The van der Waals surface area contributed by atoms with E-state index in [9.17, 15) is 58.8 Å². The smallest absolute Gasteiger partial charge is 0.349 e. The largest absolute Gasteiger partial charge is 0.546 e. The number of aromatic nitrogens is 2. The minimum atomic E-state index is -2.33. The van der Waals surface area contributed by atoms with E-state index in [4.69, 9.17) is 18.9 Å². The van der Waals surface area contributed by atoms with Gasteiger partial charge < -0.3 is 76.3 Å². The number of nitrogens with one attached hydrogen (secondary N) is 2. The quantitative estimate of drug-likeness (QED) is 0.100. The van der Waals surface area contributed by atoms with Crippen LogP contribution in [0, 0.1) is 41.5 Å². The molecule has 14 N–H and O–H groups in total. The summed E-state index contributed by atoms with van der Waals surface area (Å²) >= 11 is 0. The van der Waals surface area contributed by atoms with Crippen LogP contribution >= 0.6 is 0 Å². The van der Waals surface area contributed by atoms with E-state index in [-0.39, 0.29) is 49.6 Å². The van der Waals surface area contributed by atoms with Crippen LogP contribution in [0.15, 0.2) is 146 Å². The third-order valence-electron chi connectivity index (χ3n) is 9.36. The van der Waals surface area contributed by atoms with Crippen LogP contribution in [0.1, 0.15) is 74.8 Å². The molecule has 0 aliphatic carbocycles. The van der Waals surface area contributed by atoms with Gasteiger partial charge in [-0.15, -0.1) is 0 Å². The van der Waals surface area contributed by atoms with Crippen molar-refractivity contribution in [3.8, 4) is 0 Å².